The van der Waals surface area contributed by atoms with E-state index in [0.717, 1.165) is 17.0 Å². The third kappa shape index (κ3) is 4.62. The summed E-state index contributed by atoms with van der Waals surface area (Å²) in [6.07, 6.45) is 5.02. The van der Waals surface area contributed by atoms with Gasteiger partial charge in [-0.3, -0.25) is 4.79 Å². The van der Waals surface area contributed by atoms with E-state index in [1.807, 2.05) is 6.07 Å². The standard InChI is InChI=1S/C14H19N5O4S/c1-18(24(2,21)22)10-13(20)19-7-3-4-11(9-19)23-14-12(8-15)16-5-6-17-14/h5-6,11H,3-4,7,9-10H2,1-2H3/t11-/m0/s1. The second-order valence-electron chi connectivity index (χ2n) is 5.56. The van der Waals surface area contributed by atoms with Crippen LogP contribution in [-0.2, 0) is 14.8 Å². The Morgan fingerprint density at radius 1 is 1.50 bits per heavy atom. The van der Waals surface area contributed by atoms with Crippen molar-refractivity contribution >= 4 is 15.9 Å². The van der Waals surface area contributed by atoms with Crippen molar-refractivity contribution in [3.63, 3.8) is 0 Å². The van der Waals surface area contributed by atoms with Crippen LogP contribution < -0.4 is 4.74 Å². The van der Waals surface area contributed by atoms with E-state index in [9.17, 15) is 13.2 Å². The van der Waals surface area contributed by atoms with Gasteiger partial charge in [-0.25, -0.2) is 18.4 Å². The second kappa shape index (κ2) is 7.55. The molecular formula is C14H19N5O4S. The molecule has 9 nitrogen and oxygen atoms in total. The first-order valence-corrected chi connectivity index (χ1v) is 9.23. The molecule has 0 N–H and O–H groups in total. The van der Waals surface area contributed by atoms with Crippen molar-refractivity contribution in [2.75, 3.05) is 32.9 Å². The van der Waals surface area contributed by atoms with E-state index < -0.39 is 10.0 Å². The van der Waals surface area contributed by atoms with Crippen molar-refractivity contribution in [3.05, 3.63) is 18.1 Å². The number of hydrogen-bond acceptors (Lipinski definition) is 7. The van der Waals surface area contributed by atoms with Crippen molar-refractivity contribution in [1.29, 1.82) is 5.26 Å². The van der Waals surface area contributed by atoms with E-state index in [-0.39, 0.29) is 30.1 Å². The summed E-state index contributed by atoms with van der Waals surface area (Å²) in [4.78, 5) is 21.7. The molecular weight excluding hydrogens is 334 g/mol. The van der Waals surface area contributed by atoms with Gasteiger partial charge in [0.1, 0.15) is 12.2 Å². The lowest BCUT2D eigenvalue weighted by atomic mass is 10.1. The molecule has 1 aliphatic heterocycles. The lowest BCUT2D eigenvalue weighted by Gasteiger charge is -2.33. The van der Waals surface area contributed by atoms with Crippen LogP contribution in [-0.4, -0.2) is 72.5 Å². The number of nitrogens with zero attached hydrogens (tertiary/aromatic N) is 5. The molecule has 24 heavy (non-hydrogen) atoms. The Labute approximate surface area is 140 Å². The third-order valence-electron chi connectivity index (χ3n) is 3.70. The van der Waals surface area contributed by atoms with Gasteiger partial charge in [0.15, 0.2) is 0 Å². The van der Waals surface area contributed by atoms with E-state index in [2.05, 4.69) is 9.97 Å². The normalized spacial score (nSPS) is 18.2. The monoisotopic (exact) mass is 353 g/mol. The van der Waals surface area contributed by atoms with Crippen molar-refractivity contribution < 1.29 is 17.9 Å². The molecule has 1 aromatic rings. The maximum Gasteiger partial charge on any atom is 0.251 e. The van der Waals surface area contributed by atoms with Gasteiger partial charge in [0.2, 0.25) is 21.6 Å². The zero-order chi connectivity index (χ0) is 17.7. The lowest BCUT2D eigenvalue weighted by Crippen LogP contribution is -2.48. The van der Waals surface area contributed by atoms with Gasteiger partial charge < -0.3 is 9.64 Å². The van der Waals surface area contributed by atoms with Gasteiger partial charge in [0, 0.05) is 26.0 Å². The average Bonchev–Trinajstić information content (AvgIpc) is 2.54. The molecule has 10 heteroatoms. The zero-order valence-corrected chi connectivity index (χ0v) is 14.4. The number of hydrogen-bond donors (Lipinski definition) is 0. The average molecular weight is 353 g/mol. The summed E-state index contributed by atoms with van der Waals surface area (Å²) in [5, 5.41) is 9.00. The number of likely N-dealkylation sites (tertiary alicyclic amines) is 1. The Kier molecular flexibility index (Phi) is 5.69. The lowest BCUT2D eigenvalue weighted by molar-refractivity contribution is -0.133. The van der Waals surface area contributed by atoms with Crippen LogP contribution in [0.4, 0.5) is 0 Å². The fourth-order valence-corrected chi connectivity index (χ4v) is 2.66. The highest BCUT2D eigenvalue weighted by Gasteiger charge is 2.27. The minimum absolute atomic E-state index is 0.0951. The van der Waals surface area contributed by atoms with E-state index >= 15 is 0 Å². The first-order valence-electron chi connectivity index (χ1n) is 7.38. The minimum atomic E-state index is -3.41. The summed E-state index contributed by atoms with van der Waals surface area (Å²) in [6.45, 7) is 0.653. The number of carbonyl (C=O) groups is 1. The first-order chi connectivity index (χ1) is 11.3. The number of carbonyl (C=O) groups excluding carboxylic acids is 1. The van der Waals surface area contributed by atoms with Gasteiger partial charge in [0.25, 0.3) is 5.88 Å². The molecule has 0 aromatic carbocycles. The van der Waals surface area contributed by atoms with E-state index in [1.165, 1.54) is 19.4 Å². The second-order valence-corrected chi connectivity index (χ2v) is 7.65. The molecule has 0 radical (unpaired) electrons. The maximum absolute atomic E-state index is 12.3. The van der Waals surface area contributed by atoms with Crippen LogP contribution in [0.5, 0.6) is 5.88 Å². The number of ether oxygens (including phenoxy) is 1. The van der Waals surface area contributed by atoms with Crippen molar-refractivity contribution in [2.24, 2.45) is 0 Å². The van der Waals surface area contributed by atoms with Crippen molar-refractivity contribution in [3.8, 4) is 11.9 Å². The SMILES string of the molecule is CN(CC(=O)N1CCC[C@H](Oc2nccnc2C#N)C1)S(C)(=O)=O. The Hall–Kier alpha value is -2.25. The third-order valence-corrected chi connectivity index (χ3v) is 4.97. The van der Waals surface area contributed by atoms with Crippen LogP contribution >= 0.6 is 0 Å². The Bertz CT molecular complexity index is 746. The fraction of sp³-hybridized carbons (Fsp3) is 0.571. The van der Waals surface area contributed by atoms with Gasteiger partial charge in [-0.15, -0.1) is 0 Å². The zero-order valence-electron chi connectivity index (χ0n) is 13.5. The quantitative estimate of drug-likeness (QED) is 0.707. The van der Waals surface area contributed by atoms with E-state index in [4.69, 9.17) is 10.00 Å². The van der Waals surface area contributed by atoms with Crippen LogP contribution in [0.2, 0.25) is 0 Å². The summed E-state index contributed by atoms with van der Waals surface area (Å²) in [5.74, 6) is -0.136. The molecule has 130 valence electrons. The van der Waals surface area contributed by atoms with Crippen molar-refractivity contribution in [2.45, 2.75) is 18.9 Å². The molecule has 2 rings (SSSR count). The molecule has 0 saturated carbocycles. The molecule has 0 spiro atoms. The van der Waals surface area contributed by atoms with Crippen LogP contribution in [0.3, 0.4) is 0 Å². The minimum Gasteiger partial charge on any atom is -0.470 e. The van der Waals surface area contributed by atoms with Crippen LogP contribution in [0.15, 0.2) is 12.4 Å². The Morgan fingerprint density at radius 2 is 2.21 bits per heavy atom. The van der Waals surface area contributed by atoms with Gasteiger partial charge in [-0.2, -0.15) is 9.57 Å². The topological polar surface area (TPSA) is 116 Å². The molecule has 1 aromatic heterocycles. The largest absolute Gasteiger partial charge is 0.470 e. The molecule has 1 atom stereocenters. The van der Waals surface area contributed by atoms with Gasteiger partial charge in [-0.1, -0.05) is 0 Å². The summed E-state index contributed by atoms with van der Waals surface area (Å²) in [7, 11) is -2.04. The van der Waals surface area contributed by atoms with E-state index in [1.54, 1.807) is 4.90 Å². The molecule has 0 bridgehead atoms. The summed E-state index contributed by atoms with van der Waals surface area (Å²) >= 11 is 0. The van der Waals surface area contributed by atoms with Crippen LogP contribution in [0.25, 0.3) is 0 Å². The van der Waals surface area contributed by atoms with E-state index in [0.29, 0.717) is 19.5 Å². The summed E-state index contributed by atoms with van der Waals surface area (Å²) < 4.78 is 29.5. The Morgan fingerprint density at radius 3 is 2.88 bits per heavy atom. The number of nitriles is 1. The molecule has 1 aliphatic rings. The molecule has 0 aliphatic carbocycles. The smallest absolute Gasteiger partial charge is 0.251 e. The maximum atomic E-state index is 12.3. The number of sulfonamides is 1. The predicted octanol–water partition coefficient (Wildman–Crippen LogP) is -0.391. The first kappa shape index (κ1) is 18.1. The predicted molar refractivity (Wildman–Crippen MR) is 84.5 cm³/mol. The Balaban J connectivity index is 1.99. The van der Waals surface area contributed by atoms with Crippen molar-refractivity contribution in [1.82, 2.24) is 19.2 Å². The molecule has 0 unspecified atom stereocenters. The summed E-state index contributed by atoms with van der Waals surface area (Å²) in [6, 6.07) is 1.91. The number of likely N-dealkylation sites (N-methyl/N-ethyl adjacent to an activating group) is 1. The highest BCUT2D eigenvalue weighted by molar-refractivity contribution is 7.88. The number of rotatable bonds is 5. The number of aromatic nitrogens is 2. The number of amides is 1. The van der Waals surface area contributed by atoms with Crippen LogP contribution in [0, 0.1) is 11.3 Å². The number of piperidine rings is 1. The van der Waals surface area contributed by atoms with Gasteiger partial charge in [0.05, 0.1) is 19.3 Å². The molecule has 1 amide bonds. The highest BCUT2D eigenvalue weighted by Crippen LogP contribution is 2.18. The highest BCUT2D eigenvalue weighted by atomic mass is 32.2. The van der Waals surface area contributed by atoms with Gasteiger partial charge >= 0.3 is 0 Å². The molecule has 2 heterocycles. The summed E-state index contributed by atoms with van der Waals surface area (Å²) in [5.41, 5.74) is 0.0951. The molecule has 1 fully saturated rings. The molecule has 1 saturated heterocycles. The fourth-order valence-electron chi connectivity index (χ4n) is 2.31. The van der Waals surface area contributed by atoms with Gasteiger partial charge in [-0.05, 0) is 12.8 Å². The van der Waals surface area contributed by atoms with Crippen LogP contribution in [0.1, 0.15) is 18.5 Å².